The second kappa shape index (κ2) is 8.44. The minimum Gasteiger partial charge on any atom is -0.493 e. The average Bonchev–Trinajstić information content (AvgIpc) is 3.50. The topological polar surface area (TPSA) is 79.4 Å². The van der Waals surface area contributed by atoms with Crippen molar-refractivity contribution in [3.63, 3.8) is 0 Å². The molecule has 162 valence electrons. The van der Waals surface area contributed by atoms with Crippen LogP contribution >= 0.6 is 23.1 Å². The summed E-state index contributed by atoms with van der Waals surface area (Å²) in [6.07, 6.45) is 0.633. The lowest BCUT2D eigenvalue weighted by atomic mass is 10.1. The summed E-state index contributed by atoms with van der Waals surface area (Å²) in [6, 6.07) is 15.7. The number of carbonyl (C=O) groups excluding carboxylic acids is 1. The molecule has 1 atom stereocenters. The molecule has 5 rings (SSSR count). The first-order valence-electron chi connectivity index (χ1n) is 10.2. The Morgan fingerprint density at radius 3 is 2.75 bits per heavy atom. The van der Waals surface area contributed by atoms with Gasteiger partial charge in [0.25, 0.3) is 0 Å². The number of aromatic nitrogens is 1. The Hall–Kier alpha value is -3.10. The number of aryl methyl sites for hydroxylation is 1. The molecule has 8 heteroatoms. The van der Waals surface area contributed by atoms with E-state index in [0.717, 1.165) is 38.4 Å². The van der Waals surface area contributed by atoms with E-state index < -0.39 is 0 Å². The molecule has 0 radical (unpaired) electrons. The maximum atomic E-state index is 12.6. The number of carbonyl (C=O) groups is 1. The van der Waals surface area contributed by atoms with Gasteiger partial charge in [-0.1, -0.05) is 36.0 Å². The van der Waals surface area contributed by atoms with Gasteiger partial charge in [-0.25, -0.2) is 4.98 Å². The van der Waals surface area contributed by atoms with E-state index in [1.807, 2.05) is 60.8 Å². The molecule has 6 nitrogen and oxygen atoms in total. The molecule has 2 aromatic carbocycles. The molecule has 3 heterocycles. The van der Waals surface area contributed by atoms with Crippen LogP contribution in [0.2, 0.25) is 0 Å². The first kappa shape index (κ1) is 20.8. The SMILES string of the molecule is Cc1oc(-c2ccccc2)nc1CCOc1ccc(C2SC(=N)N(C)C2=O)c2sccc12. The van der Waals surface area contributed by atoms with Crippen molar-refractivity contribution in [1.82, 2.24) is 9.88 Å². The molecule has 1 amide bonds. The molecule has 4 aromatic rings. The summed E-state index contributed by atoms with van der Waals surface area (Å²) in [6.45, 7) is 2.39. The number of ether oxygens (including phenoxy) is 1. The van der Waals surface area contributed by atoms with Crippen LogP contribution in [0, 0.1) is 12.3 Å². The number of thioether (sulfide) groups is 1. The van der Waals surface area contributed by atoms with Gasteiger partial charge in [-0.05, 0) is 42.1 Å². The Morgan fingerprint density at radius 2 is 2.00 bits per heavy atom. The number of likely N-dealkylation sites (N-methyl/N-ethyl adjacent to an activating group) is 1. The van der Waals surface area contributed by atoms with Gasteiger partial charge in [0.15, 0.2) is 5.17 Å². The van der Waals surface area contributed by atoms with Gasteiger partial charge in [-0.15, -0.1) is 11.3 Å². The molecule has 1 N–H and O–H groups in total. The first-order valence-corrected chi connectivity index (χ1v) is 12.0. The maximum absolute atomic E-state index is 12.6. The van der Waals surface area contributed by atoms with Crippen LogP contribution in [-0.4, -0.2) is 34.6 Å². The summed E-state index contributed by atoms with van der Waals surface area (Å²) in [5.41, 5.74) is 2.78. The number of oxazole rings is 1. The molecule has 1 aliphatic rings. The van der Waals surface area contributed by atoms with Gasteiger partial charge in [-0.2, -0.15) is 0 Å². The Bertz CT molecular complexity index is 1310. The molecule has 0 spiro atoms. The molecular weight excluding hydrogens is 442 g/mol. The van der Waals surface area contributed by atoms with E-state index in [9.17, 15) is 4.79 Å². The normalized spacial score (nSPS) is 16.3. The summed E-state index contributed by atoms with van der Waals surface area (Å²) >= 11 is 2.87. The molecule has 2 aromatic heterocycles. The lowest BCUT2D eigenvalue weighted by Gasteiger charge is -2.12. The van der Waals surface area contributed by atoms with E-state index in [1.54, 1.807) is 18.4 Å². The highest BCUT2D eigenvalue weighted by molar-refractivity contribution is 8.15. The lowest BCUT2D eigenvalue weighted by Crippen LogP contribution is -2.24. The fraction of sp³-hybridized carbons (Fsp3) is 0.208. The Labute approximate surface area is 193 Å². The quantitative estimate of drug-likeness (QED) is 0.399. The Kier molecular flexibility index (Phi) is 5.48. The van der Waals surface area contributed by atoms with Crippen molar-refractivity contribution in [2.75, 3.05) is 13.7 Å². The van der Waals surface area contributed by atoms with E-state index >= 15 is 0 Å². The number of nitrogens with zero attached hydrogens (tertiary/aromatic N) is 2. The van der Waals surface area contributed by atoms with Gasteiger partial charge in [0.1, 0.15) is 16.8 Å². The van der Waals surface area contributed by atoms with Gasteiger partial charge < -0.3 is 9.15 Å². The third kappa shape index (κ3) is 3.69. The van der Waals surface area contributed by atoms with Crippen LogP contribution in [0.15, 0.2) is 58.3 Å². The van der Waals surface area contributed by atoms with Crippen molar-refractivity contribution in [3.8, 4) is 17.2 Å². The van der Waals surface area contributed by atoms with E-state index in [-0.39, 0.29) is 16.3 Å². The van der Waals surface area contributed by atoms with Crippen LogP contribution in [0.3, 0.4) is 0 Å². The van der Waals surface area contributed by atoms with Crippen molar-refractivity contribution in [3.05, 3.63) is 70.9 Å². The minimum absolute atomic E-state index is 0.0564. The van der Waals surface area contributed by atoms with E-state index in [0.29, 0.717) is 18.9 Å². The number of benzene rings is 2. The smallest absolute Gasteiger partial charge is 0.246 e. The average molecular weight is 464 g/mol. The molecule has 1 fully saturated rings. The zero-order valence-corrected chi connectivity index (χ0v) is 19.3. The van der Waals surface area contributed by atoms with Crippen LogP contribution in [0.1, 0.15) is 22.3 Å². The summed E-state index contributed by atoms with van der Waals surface area (Å²) in [7, 11) is 1.65. The summed E-state index contributed by atoms with van der Waals surface area (Å²) in [5, 5.41) is 10.9. The maximum Gasteiger partial charge on any atom is 0.246 e. The summed E-state index contributed by atoms with van der Waals surface area (Å²) < 4.78 is 13.0. The second-order valence-corrected chi connectivity index (χ2v) is 9.51. The molecule has 0 bridgehead atoms. The minimum atomic E-state index is -0.378. The van der Waals surface area contributed by atoms with Crippen molar-refractivity contribution in [2.24, 2.45) is 0 Å². The lowest BCUT2D eigenvalue weighted by molar-refractivity contribution is -0.125. The summed E-state index contributed by atoms with van der Waals surface area (Å²) in [5.74, 6) is 2.15. The zero-order valence-electron chi connectivity index (χ0n) is 17.6. The van der Waals surface area contributed by atoms with E-state index in [1.165, 1.54) is 16.7 Å². The van der Waals surface area contributed by atoms with E-state index in [4.69, 9.17) is 14.6 Å². The van der Waals surface area contributed by atoms with Crippen molar-refractivity contribution >= 4 is 44.3 Å². The molecular formula is C24H21N3O3S2. The van der Waals surface area contributed by atoms with Crippen LogP contribution in [0.25, 0.3) is 21.5 Å². The van der Waals surface area contributed by atoms with Gasteiger partial charge in [0.05, 0.1) is 12.3 Å². The standard InChI is InChI=1S/C24H21N3O3S2/c1-14-18(26-22(30-14)15-6-4-3-5-7-15)10-12-29-19-9-8-17(20-16(19)11-13-31-20)21-23(28)27(2)24(25)32-21/h3-9,11,13,21,25H,10,12H2,1-2H3. The fourth-order valence-corrected chi connectivity index (χ4v) is 5.81. The van der Waals surface area contributed by atoms with Gasteiger partial charge in [-0.3, -0.25) is 15.1 Å². The van der Waals surface area contributed by atoms with Gasteiger partial charge in [0, 0.05) is 29.1 Å². The van der Waals surface area contributed by atoms with Crippen molar-refractivity contribution < 1.29 is 13.9 Å². The third-order valence-corrected chi connectivity index (χ3v) is 7.64. The number of thiophene rings is 1. The molecule has 0 saturated carbocycles. The Morgan fingerprint density at radius 1 is 1.19 bits per heavy atom. The van der Waals surface area contributed by atoms with Crippen LogP contribution in [0.4, 0.5) is 0 Å². The van der Waals surface area contributed by atoms with E-state index in [2.05, 4.69) is 4.98 Å². The summed E-state index contributed by atoms with van der Waals surface area (Å²) in [4.78, 5) is 18.6. The largest absolute Gasteiger partial charge is 0.493 e. The number of nitrogens with one attached hydrogen (secondary N) is 1. The van der Waals surface area contributed by atoms with Crippen molar-refractivity contribution in [2.45, 2.75) is 18.6 Å². The third-order valence-electron chi connectivity index (χ3n) is 5.49. The highest BCUT2D eigenvalue weighted by Crippen LogP contribution is 2.44. The number of hydrogen-bond donors (Lipinski definition) is 1. The monoisotopic (exact) mass is 463 g/mol. The Balaban J connectivity index is 1.32. The first-order chi connectivity index (χ1) is 15.5. The highest BCUT2D eigenvalue weighted by Gasteiger charge is 2.37. The van der Waals surface area contributed by atoms with Gasteiger partial charge in [0.2, 0.25) is 11.8 Å². The van der Waals surface area contributed by atoms with Crippen molar-refractivity contribution in [1.29, 1.82) is 5.41 Å². The molecule has 1 saturated heterocycles. The van der Waals surface area contributed by atoms with Crippen LogP contribution < -0.4 is 4.74 Å². The predicted molar refractivity (Wildman–Crippen MR) is 129 cm³/mol. The fourth-order valence-electron chi connectivity index (χ4n) is 3.73. The number of amides is 1. The molecule has 1 aliphatic heterocycles. The number of amidine groups is 1. The second-order valence-electron chi connectivity index (χ2n) is 7.50. The zero-order chi connectivity index (χ0) is 22.2. The molecule has 1 unspecified atom stereocenters. The number of rotatable bonds is 6. The predicted octanol–water partition coefficient (Wildman–Crippen LogP) is 5.67. The molecule has 0 aliphatic carbocycles. The van der Waals surface area contributed by atoms with Gasteiger partial charge >= 0.3 is 0 Å². The highest BCUT2D eigenvalue weighted by atomic mass is 32.2. The van der Waals surface area contributed by atoms with Crippen LogP contribution in [-0.2, 0) is 11.2 Å². The number of fused-ring (bicyclic) bond motifs is 1. The van der Waals surface area contributed by atoms with Crippen LogP contribution in [0.5, 0.6) is 5.75 Å². The number of hydrogen-bond acceptors (Lipinski definition) is 7. The molecule has 32 heavy (non-hydrogen) atoms.